The average molecular weight is 325 g/mol. The Balaban J connectivity index is 2.08. The highest BCUT2D eigenvalue weighted by molar-refractivity contribution is 6.34. The fraction of sp³-hybridized carbons (Fsp3) is 0.133. The Morgan fingerprint density at radius 3 is 2.62 bits per heavy atom. The van der Waals surface area contributed by atoms with Crippen LogP contribution >= 0.6 is 23.2 Å². The molecule has 6 heteroatoms. The molecule has 0 atom stereocenters. The van der Waals surface area contributed by atoms with E-state index in [2.05, 4.69) is 10.6 Å². The molecule has 0 unspecified atom stereocenters. The van der Waals surface area contributed by atoms with Crippen LogP contribution in [0.5, 0.6) is 5.75 Å². The lowest BCUT2D eigenvalue weighted by Gasteiger charge is -2.11. The molecule has 0 heterocycles. The topological polar surface area (TPSA) is 61.4 Å². The molecule has 110 valence electrons. The number of carbonyl (C=O) groups is 1. The van der Waals surface area contributed by atoms with E-state index < -0.39 is 0 Å². The highest BCUT2D eigenvalue weighted by atomic mass is 35.5. The van der Waals surface area contributed by atoms with Gasteiger partial charge in [0.05, 0.1) is 10.7 Å². The van der Waals surface area contributed by atoms with E-state index in [0.717, 1.165) is 5.69 Å². The Morgan fingerprint density at radius 1 is 1.19 bits per heavy atom. The van der Waals surface area contributed by atoms with E-state index in [0.29, 0.717) is 27.8 Å². The number of halogens is 2. The Morgan fingerprint density at radius 2 is 1.95 bits per heavy atom. The van der Waals surface area contributed by atoms with Gasteiger partial charge in [0, 0.05) is 29.7 Å². The van der Waals surface area contributed by atoms with Crippen LogP contribution in [0.1, 0.15) is 12.5 Å². The molecule has 2 aromatic rings. The first-order valence-corrected chi connectivity index (χ1v) is 6.99. The molecule has 2 aromatic carbocycles. The smallest absolute Gasteiger partial charge is 0.221 e. The standard InChI is InChI=1S/C15H14Cl2N2O2/c1-9(20)19-14-4-3-12(7-13(14)17)18-8-10-6-11(16)2-5-15(10)21/h2-7,18,21H,8H2,1H3,(H,19,20). The molecule has 0 saturated carbocycles. The zero-order valence-corrected chi connectivity index (χ0v) is 12.8. The van der Waals surface area contributed by atoms with Gasteiger partial charge in [0.1, 0.15) is 5.75 Å². The summed E-state index contributed by atoms with van der Waals surface area (Å²) in [7, 11) is 0. The minimum absolute atomic E-state index is 0.174. The second-order valence-electron chi connectivity index (χ2n) is 4.50. The van der Waals surface area contributed by atoms with E-state index >= 15 is 0 Å². The predicted octanol–water partition coefficient (Wildman–Crippen LogP) is 4.27. The van der Waals surface area contributed by atoms with E-state index in [-0.39, 0.29) is 11.7 Å². The number of amides is 1. The van der Waals surface area contributed by atoms with Gasteiger partial charge in [-0.15, -0.1) is 0 Å². The van der Waals surface area contributed by atoms with Crippen molar-refractivity contribution in [2.75, 3.05) is 10.6 Å². The molecule has 0 bridgehead atoms. The van der Waals surface area contributed by atoms with Gasteiger partial charge in [-0.25, -0.2) is 0 Å². The maximum Gasteiger partial charge on any atom is 0.221 e. The molecule has 0 aliphatic heterocycles. The molecule has 3 N–H and O–H groups in total. The van der Waals surface area contributed by atoms with Gasteiger partial charge >= 0.3 is 0 Å². The number of nitrogens with one attached hydrogen (secondary N) is 2. The highest BCUT2D eigenvalue weighted by Crippen LogP contribution is 2.27. The summed E-state index contributed by atoms with van der Waals surface area (Å²) in [5.74, 6) is -0.00526. The first-order chi connectivity index (χ1) is 9.95. The van der Waals surface area contributed by atoms with Crippen molar-refractivity contribution in [3.8, 4) is 5.75 Å². The number of phenolic OH excluding ortho intramolecular Hbond substituents is 1. The molecule has 0 saturated heterocycles. The molecular weight excluding hydrogens is 311 g/mol. The molecular formula is C15H14Cl2N2O2. The zero-order chi connectivity index (χ0) is 15.4. The van der Waals surface area contributed by atoms with Crippen LogP contribution in [0.2, 0.25) is 10.0 Å². The largest absolute Gasteiger partial charge is 0.508 e. The summed E-state index contributed by atoms with van der Waals surface area (Å²) in [4.78, 5) is 11.0. The van der Waals surface area contributed by atoms with Crippen LogP contribution in [0.25, 0.3) is 0 Å². The fourth-order valence-corrected chi connectivity index (χ4v) is 2.23. The number of hydrogen-bond acceptors (Lipinski definition) is 3. The lowest BCUT2D eigenvalue weighted by molar-refractivity contribution is -0.114. The first kappa shape index (κ1) is 15.5. The van der Waals surface area contributed by atoms with Crippen molar-refractivity contribution in [1.82, 2.24) is 0 Å². The SMILES string of the molecule is CC(=O)Nc1ccc(NCc2cc(Cl)ccc2O)cc1Cl. The van der Waals surface area contributed by atoms with Crippen molar-refractivity contribution in [3.05, 3.63) is 52.0 Å². The second-order valence-corrected chi connectivity index (χ2v) is 5.35. The summed E-state index contributed by atoms with van der Waals surface area (Å²) in [6.45, 7) is 1.83. The zero-order valence-electron chi connectivity index (χ0n) is 11.3. The van der Waals surface area contributed by atoms with E-state index in [4.69, 9.17) is 23.2 Å². The third kappa shape index (κ3) is 4.28. The lowest BCUT2D eigenvalue weighted by Crippen LogP contribution is -2.06. The van der Waals surface area contributed by atoms with Crippen LogP contribution < -0.4 is 10.6 Å². The average Bonchev–Trinajstić information content (AvgIpc) is 2.42. The van der Waals surface area contributed by atoms with Crippen LogP contribution in [0.3, 0.4) is 0 Å². The van der Waals surface area contributed by atoms with Crippen molar-refractivity contribution in [2.45, 2.75) is 13.5 Å². The van der Waals surface area contributed by atoms with Crippen LogP contribution in [-0.2, 0) is 11.3 Å². The molecule has 0 fully saturated rings. The van der Waals surface area contributed by atoms with Gasteiger partial charge in [-0.3, -0.25) is 4.79 Å². The van der Waals surface area contributed by atoms with Gasteiger partial charge in [0.15, 0.2) is 0 Å². The third-order valence-corrected chi connectivity index (χ3v) is 3.35. The molecule has 2 rings (SSSR count). The number of aromatic hydroxyl groups is 1. The van der Waals surface area contributed by atoms with Gasteiger partial charge in [-0.2, -0.15) is 0 Å². The van der Waals surface area contributed by atoms with Crippen molar-refractivity contribution in [2.24, 2.45) is 0 Å². The van der Waals surface area contributed by atoms with Crippen molar-refractivity contribution in [3.63, 3.8) is 0 Å². The number of hydrogen-bond donors (Lipinski definition) is 3. The van der Waals surface area contributed by atoms with Crippen LogP contribution in [0, 0.1) is 0 Å². The van der Waals surface area contributed by atoms with Crippen molar-refractivity contribution < 1.29 is 9.90 Å². The molecule has 0 aliphatic carbocycles. The fourth-order valence-electron chi connectivity index (χ4n) is 1.81. The molecule has 21 heavy (non-hydrogen) atoms. The molecule has 0 aromatic heterocycles. The van der Waals surface area contributed by atoms with Gasteiger partial charge in [-0.05, 0) is 36.4 Å². The van der Waals surface area contributed by atoms with E-state index in [1.807, 2.05) is 0 Å². The number of benzene rings is 2. The maximum atomic E-state index is 11.0. The summed E-state index contributed by atoms with van der Waals surface area (Å²) in [6.07, 6.45) is 0. The highest BCUT2D eigenvalue weighted by Gasteiger charge is 2.05. The lowest BCUT2D eigenvalue weighted by atomic mass is 10.2. The molecule has 0 radical (unpaired) electrons. The Hall–Kier alpha value is -1.91. The second kappa shape index (κ2) is 6.70. The van der Waals surface area contributed by atoms with Gasteiger partial charge in [-0.1, -0.05) is 23.2 Å². The summed E-state index contributed by atoms with van der Waals surface area (Å²) < 4.78 is 0. The van der Waals surface area contributed by atoms with Crippen LogP contribution in [-0.4, -0.2) is 11.0 Å². The number of rotatable bonds is 4. The van der Waals surface area contributed by atoms with Gasteiger partial charge < -0.3 is 15.7 Å². The summed E-state index contributed by atoms with van der Waals surface area (Å²) in [5, 5.41) is 16.5. The molecule has 0 aliphatic rings. The van der Waals surface area contributed by atoms with Crippen LogP contribution in [0.15, 0.2) is 36.4 Å². The Labute approximate surface area is 132 Å². The molecule has 0 spiro atoms. The minimum Gasteiger partial charge on any atom is -0.508 e. The third-order valence-electron chi connectivity index (χ3n) is 2.80. The molecule has 4 nitrogen and oxygen atoms in total. The van der Waals surface area contributed by atoms with Gasteiger partial charge in [0.2, 0.25) is 5.91 Å². The van der Waals surface area contributed by atoms with Crippen LogP contribution in [0.4, 0.5) is 11.4 Å². The first-order valence-electron chi connectivity index (χ1n) is 6.24. The summed E-state index contributed by atoms with van der Waals surface area (Å²) >= 11 is 12.0. The quantitative estimate of drug-likeness (QED) is 0.787. The minimum atomic E-state index is -0.179. The summed E-state index contributed by atoms with van der Waals surface area (Å²) in [6, 6.07) is 10.1. The maximum absolute atomic E-state index is 11.0. The Kier molecular flexibility index (Phi) is 4.94. The van der Waals surface area contributed by atoms with E-state index in [1.165, 1.54) is 6.92 Å². The number of carbonyl (C=O) groups excluding carboxylic acids is 1. The monoisotopic (exact) mass is 324 g/mol. The predicted molar refractivity (Wildman–Crippen MR) is 86.2 cm³/mol. The number of anilines is 2. The number of phenols is 1. The van der Waals surface area contributed by atoms with Crippen molar-refractivity contribution >= 4 is 40.5 Å². The Bertz CT molecular complexity index is 675. The molecule has 1 amide bonds. The normalized spacial score (nSPS) is 10.2. The van der Waals surface area contributed by atoms with Gasteiger partial charge in [0.25, 0.3) is 0 Å². The van der Waals surface area contributed by atoms with E-state index in [1.54, 1.807) is 36.4 Å². The van der Waals surface area contributed by atoms with Crippen molar-refractivity contribution in [1.29, 1.82) is 0 Å². The van der Waals surface area contributed by atoms with E-state index in [9.17, 15) is 9.90 Å². The summed E-state index contributed by atoms with van der Waals surface area (Å²) in [5.41, 5.74) is 2.01.